The SMILES string of the molecule is CC(C)(C(O)c1ccc(F)cc1F)N1CCCCCC1. The highest BCUT2D eigenvalue weighted by Gasteiger charge is 2.36. The Morgan fingerprint density at radius 3 is 2.25 bits per heavy atom. The first-order chi connectivity index (χ1) is 9.43. The lowest BCUT2D eigenvalue weighted by atomic mass is 9.89. The van der Waals surface area contributed by atoms with Crippen molar-refractivity contribution >= 4 is 0 Å². The van der Waals surface area contributed by atoms with E-state index in [0.29, 0.717) is 0 Å². The van der Waals surface area contributed by atoms with Gasteiger partial charge in [-0.05, 0) is 45.8 Å². The smallest absolute Gasteiger partial charge is 0.131 e. The molecule has 1 heterocycles. The first-order valence-corrected chi connectivity index (χ1v) is 7.31. The quantitative estimate of drug-likeness (QED) is 0.915. The highest BCUT2D eigenvalue weighted by Crippen LogP contribution is 2.34. The molecule has 112 valence electrons. The van der Waals surface area contributed by atoms with E-state index in [1.165, 1.54) is 25.0 Å². The van der Waals surface area contributed by atoms with E-state index in [1.54, 1.807) is 0 Å². The molecule has 0 aliphatic carbocycles. The Bertz CT molecular complexity index is 454. The molecule has 2 nitrogen and oxygen atoms in total. The second-order valence-electron chi connectivity index (χ2n) is 6.12. The molecule has 1 fully saturated rings. The van der Waals surface area contributed by atoms with Gasteiger partial charge in [0.2, 0.25) is 0 Å². The summed E-state index contributed by atoms with van der Waals surface area (Å²) in [6.45, 7) is 5.66. The summed E-state index contributed by atoms with van der Waals surface area (Å²) < 4.78 is 26.8. The van der Waals surface area contributed by atoms with Gasteiger partial charge in [-0.25, -0.2) is 8.78 Å². The summed E-state index contributed by atoms with van der Waals surface area (Å²) in [5.41, 5.74) is -0.399. The lowest BCUT2D eigenvalue weighted by Gasteiger charge is -2.41. The second kappa shape index (κ2) is 6.19. The topological polar surface area (TPSA) is 23.5 Å². The van der Waals surface area contributed by atoms with Crippen LogP contribution in [0.3, 0.4) is 0 Å². The fourth-order valence-electron chi connectivity index (χ4n) is 2.92. The number of hydrogen-bond donors (Lipinski definition) is 1. The molecule has 1 aromatic rings. The maximum absolute atomic E-state index is 13.9. The molecule has 0 radical (unpaired) electrons. The molecule has 4 heteroatoms. The first-order valence-electron chi connectivity index (χ1n) is 7.31. The summed E-state index contributed by atoms with van der Waals surface area (Å²) in [5, 5.41) is 10.6. The molecule has 0 spiro atoms. The summed E-state index contributed by atoms with van der Waals surface area (Å²) in [4.78, 5) is 2.22. The van der Waals surface area contributed by atoms with E-state index in [-0.39, 0.29) is 5.56 Å². The minimum atomic E-state index is -0.971. The number of aliphatic hydroxyl groups is 1. The molecule has 0 bridgehead atoms. The van der Waals surface area contributed by atoms with Gasteiger partial charge in [0.25, 0.3) is 0 Å². The molecule has 2 rings (SSSR count). The minimum Gasteiger partial charge on any atom is -0.386 e. The molecule has 1 aliphatic rings. The van der Waals surface area contributed by atoms with Crippen molar-refractivity contribution in [2.24, 2.45) is 0 Å². The lowest BCUT2D eigenvalue weighted by Crippen LogP contribution is -2.49. The molecule has 20 heavy (non-hydrogen) atoms. The van der Waals surface area contributed by atoms with Gasteiger partial charge in [-0.3, -0.25) is 4.90 Å². The standard InChI is InChI=1S/C16H23F2NO/c1-16(2,19-9-5-3-4-6-10-19)15(20)13-8-7-12(17)11-14(13)18/h7-8,11,15,20H,3-6,9-10H2,1-2H3. The van der Waals surface area contributed by atoms with Crippen LogP contribution in [0.2, 0.25) is 0 Å². The molecule has 0 saturated carbocycles. The first kappa shape index (κ1) is 15.4. The van der Waals surface area contributed by atoms with E-state index in [4.69, 9.17) is 0 Å². The molecule has 1 atom stereocenters. The molecule has 1 N–H and O–H groups in total. The normalized spacial score (nSPS) is 19.6. The third kappa shape index (κ3) is 3.18. The van der Waals surface area contributed by atoms with Crippen molar-refractivity contribution in [2.45, 2.75) is 51.2 Å². The Morgan fingerprint density at radius 1 is 1.10 bits per heavy atom. The van der Waals surface area contributed by atoms with Crippen LogP contribution in [0, 0.1) is 11.6 Å². The van der Waals surface area contributed by atoms with Crippen molar-refractivity contribution in [3.63, 3.8) is 0 Å². The van der Waals surface area contributed by atoms with Gasteiger partial charge >= 0.3 is 0 Å². The fraction of sp³-hybridized carbons (Fsp3) is 0.625. The fourth-order valence-corrected chi connectivity index (χ4v) is 2.92. The molecule has 1 saturated heterocycles. The summed E-state index contributed by atoms with van der Waals surface area (Å²) in [6.07, 6.45) is 3.63. The van der Waals surface area contributed by atoms with E-state index in [0.717, 1.165) is 32.0 Å². The van der Waals surface area contributed by atoms with Crippen molar-refractivity contribution < 1.29 is 13.9 Å². The second-order valence-corrected chi connectivity index (χ2v) is 6.12. The average Bonchev–Trinajstić information content (AvgIpc) is 2.67. The zero-order valence-electron chi connectivity index (χ0n) is 12.2. The summed E-state index contributed by atoms with van der Waals surface area (Å²) in [7, 11) is 0. The van der Waals surface area contributed by atoms with Crippen molar-refractivity contribution in [1.82, 2.24) is 4.90 Å². The molecular formula is C16H23F2NO. The molecule has 0 aromatic heterocycles. The van der Waals surface area contributed by atoms with Gasteiger partial charge < -0.3 is 5.11 Å². The molecule has 1 unspecified atom stereocenters. The maximum atomic E-state index is 13.9. The van der Waals surface area contributed by atoms with Crippen LogP contribution in [0.5, 0.6) is 0 Å². The summed E-state index contributed by atoms with van der Waals surface area (Å²) >= 11 is 0. The van der Waals surface area contributed by atoms with E-state index in [1.807, 2.05) is 13.8 Å². The number of rotatable bonds is 3. The Hall–Kier alpha value is -1.00. The van der Waals surface area contributed by atoms with E-state index < -0.39 is 23.3 Å². The molecule has 0 amide bonds. The number of halogens is 2. The maximum Gasteiger partial charge on any atom is 0.131 e. The molecule has 1 aliphatic heterocycles. The third-order valence-corrected chi connectivity index (χ3v) is 4.35. The van der Waals surface area contributed by atoms with Gasteiger partial charge in [-0.2, -0.15) is 0 Å². The highest BCUT2D eigenvalue weighted by atomic mass is 19.1. The van der Waals surface area contributed by atoms with Gasteiger partial charge in [-0.1, -0.05) is 18.9 Å². The number of hydrogen-bond acceptors (Lipinski definition) is 2. The van der Waals surface area contributed by atoms with Crippen LogP contribution in [0.1, 0.15) is 51.2 Å². The van der Waals surface area contributed by atoms with Crippen molar-refractivity contribution in [1.29, 1.82) is 0 Å². The van der Waals surface area contributed by atoms with E-state index >= 15 is 0 Å². The van der Waals surface area contributed by atoms with Crippen LogP contribution >= 0.6 is 0 Å². The summed E-state index contributed by atoms with van der Waals surface area (Å²) in [6, 6.07) is 3.37. The Morgan fingerprint density at radius 2 is 1.70 bits per heavy atom. The number of nitrogens with zero attached hydrogens (tertiary/aromatic N) is 1. The van der Waals surface area contributed by atoms with Gasteiger partial charge in [0, 0.05) is 17.2 Å². The van der Waals surface area contributed by atoms with Crippen LogP contribution in [0.25, 0.3) is 0 Å². The van der Waals surface area contributed by atoms with Gasteiger partial charge in [0.1, 0.15) is 11.6 Å². The highest BCUT2D eigenvalue weighted by molar-refractivity contribution is 5.23. The van der Waals surface area contributed by atoms with Crippen LogP contribution in [0.15, 0.2) is 18.2 Å². The Labute approximate surface area is 119 Å². The predicted octanol–water partition coefficient (Wildman–Crippen LogP) is 3.65. The number of likely N-dealkylation sites (tertiary alicyclic amines) is 1. The van der Waals surface area contributed by atoms with Crippen molar-refractivity contribution in [3.8, 4) is 0 Å². The lowest BCUT2D eigenvalue weighted by molar-refractivity contribution is -0.0119. The van der Waals surface area contributed by atoms with Crippen molar-refractivity contribution in [2.75, 3.05) is 13.1 Å². The van der Waals surface area contributed by atoms with Crippen LogP contribution in [-0.4, -0.2) is 28.6 Å². The van der Waals surface area contributed by atoms with Gasteiger partial charge in [0.15, 0.2) is 0 Å². The van der Waals surface area contributed by atoms with Gasteiger partial charge in [0.05, 0.1) is 6.10 Å². The zero-order valence-corrected chi connectivity index (χ0v) is 12.2. The van der Waals surface area contributed by atoms with Gasteiger partial charge in [-0.15, -0.1) is 0 Å². The van der Waals surface area contributed by atoms with E-state index in [9.17, 15) is 13.9 Å². The van der Waals surface area contributed by atoms with Crippen LogP contribution < -0.4 is 0 Å². The molecule has 1 aromatic carbocycles. The van der Waals surface area contributed by atoms with Crippen LogP contribution in [0.4, 0.5) is 8.78 Å². The van der Waals surface area contributed by atoms with Crippen LogP contribution in [-0.2, 0) is 0 Å². The Kier molecular flexibility index (Phi) is 4.76. The molecular weight excluding hydrogens is 260 g/mol. The third-order valence-electron chi connectivity index (χ3n) is 4.35. The predicted molar refractivity (Wildman–Crippen MR) is 75.4 cm³/mol. The largest absolute Gasteiger partial charge is 0.386 e. The minimum absolute atomic E-state index is 0.167. The Balaban J connectivity index is 2.22. The number of aliphatic hydroxyl groups excluding tert-OH is 1. The average molecular weight is 283 g/mol. The van der Waals surface area contributed by atoms with E-state index in [2.05, 4.69) is 4.90 Å². The van der Waals surface area contributed by atoms with Crippen molar-refractivity contribution in [3.05, 3.63) is 35.4 Å². The summed E-state index contributed by atoms with van der Waals surface area (Å²) in [5.74, 6) is -1.30. The monoisotopic (exact) mass is 283 g/mol. The number of benzene rings is 1. The zero-order chi connectivity index (χ0) is 14.8.